The predicted octanol–water partition coefficient (Wildman–Crippen LogP) is -4.24. The van der Waals surface area contributed by atoms with Gasteiger partial charge in [0.2, 0.25) is 5.76 Å². The summed E-state index contributed by atoms with van der Waals surface area (Å²) < 4.78 is 4.32. The summed E-state index contributed by atoms with van der Waals surface area (Å²) in [6, 6.07) is 0. The molecule has 1 aliphatic heterocycles. The predicted molar refractivity (Wildman–Crippen MR) is 46.4 cm³/mol. The van der Waals surface area contributed by atoms with Gasteiger partial charge in [0.15, 0.2) is 11.9 Å². The number of cyclic esters (lactones) is 1. The second-order valence-corrected chi connectivity index (χ2v) is 2.56. The second-order valence-electron chi connectivity index (χ2n) is 2.56. The Morgan fingerprint density at radius 2 is 1.82 bits per heavy atom. The van der Waals surface area contributed by atoms with Gasteiger partial charge in [-0.1, -0.05) is 0 Å². The van der Waals surface area contributed by atoms with Crippen molar-refractivity contribution in [2.45, 2.75) is 12.2 Å². The number of aliphatic hydroxyl groups is 4. The maximum Gasteiger partial charge on any atom is 2.00 e. The van der Waals surface area contributed by atoms with Crippen LogP contribution in [0.3, 0.4) is 0 Å². The van der Waals surface area contributed by atoms with Crippen molar-refractivity contribution in [2.24, 2.45) is 0 Å². The number of rotatable bonds is 2. The van der Waals surface area contributed by atoms with E-state index in [-0.39, 0.29) is 37.7 Å². The van der Waals surface area contributed by atoms with Crippen LogP contribution in [0.25, 0.3) is 0 Å². The summed E-state index contributed by atoms with van der Waals surface area (Å²) in [7, 11) is 0. The van der Waals surface area contributed by atoms with Crippen LogP contribution in [0.4, 0.5) is 4.79 Å². The quantitative estimate of drug-likeness (QED) is 0.288. The Bertz CT molecular complexity index is 308. The van der Waals surface area contributed by atoms with Gasteiger partial charge in [0.05, 0.1) is 6.61 Å². The Labute approximate surface area is 125 Å². The molecule has 17 heavy (non-hydrogen) atoms. The molecule has 0 radical (unpaired) electrons. The van der Waals surface area contributed by atoms with Crippen molar-refractivity contribution in [2.75, 3.05) is 6.61 Å². The number of carboxylic acid groups (broad SMARTS) is 2. The first-order valence-corrected chi connectivity index (χ1v) is 3.81. The molecule has 0 aromatic heterocycles. The average molecular weight is 276 g/mol. The van der Waals surface area contributed by atoms with E-state index in [0.29, 0.717) is 0 Å². The molecule has 0 aliphatic carbocycles. The van der Waals surface area contributed by atoms with Gasteiger partial charge in [-0.15, -0.1) is 0 Å². The maximum absolute atomic E-state index is 10.5. The smallest absolute Gasteiger partial charge is 0.652 e. The molecule has 10 heteroatoms. The summed E-state index contributed by atoms with van der Waals surface area (Å²) in [6.07, 6.45) is -5.11. The third-order valence-corrected chi connectivity index (χ3v) is 1.48. The molecule has 0 aromatic rings. The normalized spacial score (nSPS) is 19.6. The Hall–Kier alpha value is -0.740. The van der Waals surface area contributed by atoms with Crippen molar-refractivity contribution in [1.82, 2.24) is 0 Å². The fraction of sp³-hybridized carbons (Fsp3) is 0.429. The van der Waals surface area contributed by atoms with Crippen molar-refractivity contribution in [1.29, 1.82) is 0 Å². The number of carbonyl (C=O) groups excluding carboxylic acids is 2. The summed E-state index contributed by atoms with van der Waals surface area (Å²) in [4.78, 5) is 18.9. The van der Waals surface area contributed by atoms with Crippen LogP contribution in [-0.4, -0.2) is 89.1 Å². The number of hydrogen-bond acceptors (Lipinski definition) is 9. The summed E-state index contributed by atoms with van der Waals surface area (Å²) in [5.74, 6) is -2.78. The van der Waals surface area contributed by atoms with Gasteiger partial charge < -0.3 is 40.2 Å². The second kappa shape index (κ2) is 8.37. The van der Waals surface area contributed by atoms with E-state index in [9.17, 15) is 4.79 Å². The molecule has 2 atom stereocenters. The first-order valence-electron chi connectivity index (χ1n) is 3.81. The first-order chi connectivity index (χ1) is 7.31. The topological polar surface area (TPSA) is 170 Å². The van der Waals surface area contributed by atoms with Gasteiger partial charge >= 0.3 is 43.7 Å². The Kier molecular flexibility index (Phi) is 9.16. The fourth-order valence-electron chi connectivity index (χ4n) is 0.823. The third-order valence-electron chi connectivity index (χ3n) is 1.48. The van der Waals surface area contributed by atoms with E-state index in [2.05, 4.69) is 4.74 Å². The molecule has 1 aliphatic rings. The molecule has 4 N–H and O–H groups in total. The fourth-order valence-corrected chi connectivity index (χ4v) is 0.823. The van der Waals surface area contributed by atoms with Gasteiger partial charge in [0, 0.05) is 0 Å². The minimum atomic E-state index is -2.33. The average Bonchev–Trinajstić information content (AvgIpc) is 2.44. The Morgan fingerprint density at radius 1 is 1.41 bits per heavy atom. The van der Waals surface area contributed by atoms with E-state index in [1.54, 1.807) is 0 Å². The Morgan fingerprint density at radius 3 is 2.06 bits per heavy atom. The van der Waals surface area contributed by atoms with Crippen LogP contribution in [0.2, 0.25) is 0 Å². The number of aliphatic hydroxyl groups excluding tert-OH is 4. The van der Waals surface area contributed by atoms with Gasteiger partial charge in [0.1, 0.15) is 6.10 Å². The van der Waals surface area contributed by atoms with Gasteiger partial charge in [-0.05, 0) is 6.16 Å². The number of hydrogen-bond donors (Lipinski definition) is 4. The molecule has 92 valence electrons. The summed E-state index contributed by atoms with van der Waals surface area (Å²) in [6.45, 7) is -0.671. The van der Waals surface area contributed by atoms with E-state index in [1.807, 2.05) is 0 Å². The van der Waals surface area contributed by atoms with Crippen molar-refractivity contribution in [3.8, 4) is 0 Å². The largest absolute Gasteiger partial charge is 2.00 e. The molecule has 9 nitrogen and oxygen atoms in total. The molecule has 0 aromatic carbocycles. The van der Waals surface area contributed by atoms with Crippen molar-refractivity contribution in [3.05, 3.63) is 11.5 Å². The van der Waals surface area contributed by atoms with Crippen molar-refractivity contribution in [3.63, 3.8) is 0 Å². The SMILES string of the molecule is O=C([O-])[O-].O=C1O[C@H]([C@@H](O)CO)C(O)=C1O.[Ca+2]. The summed E-state index contributed by atoms with van der Waals surface area (Å²) in [5.41, 5.74) is 0. The van der Waals surface area contributed by atoms with Crippen molar-refractivity contribution < 1.29 is 45.0 Å². The third kappa shape index (κ3) is 5.94. The van der Waals surface area contributed by atoms with Crippen LogP contribution in [-0.2, 0) is 9.53 Å². The molecular weight excluding hydrogens is 268 g/mol. The van der Waals surface area contributed by atoms with Crippen LogP contribution < -0.4 is 10.2 Å². The van der Waals surface area contributed by atoms with Crippen LogP contribution >= 0.6 is 0 Å². The minimum absolute atomic E-state index is 0. The maximum atomic E-state index is 10.5. The number of ether oxygens (including phenoxy) is 1. The standard InChI is InChI=1S/C6H8O6.CH2O3.Ca/c7-1-2(8)5-3(9)4(10)6(11)12-5;2-1(3)4;/h2,5,7-10H,1H2;(H2,2,3,4);/q;;+2/p-2/t2-,5+;;/m0../s1. The molecule has 0 fully saturated rings. The monoisotopic (exact) mass is 276 g/mol. The van der Waals surface area contributed by atoms with E-state index in [1.165, 1.54) is 0 Å². The molecule has 0 saturated heterocycles. The Balaban J connectivity index is 0. The zero-order valence-corrected chi connectivity index (χ0v) is 10.6. The zero-order chi connectivity index (χ0) is 12.9. The molecule has 1 heterocycles. The number of carbonyl (C=O) groups is 2. The van der Waals surface area contributed by atoms with Gasteiger partial charge in [-0.25, -0.2) is 4.79 Å². The molecule has 0 unspecified atom stereocenters. The minimum Gasteiger partial charge on any atom is -0.652 e. The van der Waals surface area contributed by atoms with Gasteiger partial charge in [-0.2, -0.15) is 0 Å². The molecule has 0 spiro atoms. The molecule has 1 rings (SSSR count). The van der Waals surface area contributed by atoms with Gasteiger partial charge in [-0.3, -0.25) is 0 Å². The molecule has 0 amide bonds. The van der Waals surface area contributed by atoms with Crippen LogP contribution in [0, 0.1) is 0 Å². The first kappa shape index (κ1) is 18.6. The zero-order valence-electron chi connectivity index (χ0n) is 8.40. The molecular formula is C7H8CaO9. The van der Waals surface area contributed by atoms with Crippen molar-refractivity contribution >= 4 is 49.9 Å². The summed E-state index contributed by atoms with van der Waals surface area (Å²) in [5, 5.41) is 51.7. The number of esters is 1. The van der Waals surface area contributed by atoms with E-state index in [4.69, 9.17) is 35.4 Å². The molecule has 0 bridgehead atoms. The summed E-state index contributed by atoms with van der Waals surface area (Å²) >= 11 is 0. The van der Waals surface area contributed by atoms with Gasteiger partial charge in [0.25, 0.3) is 0 Å². The molecule has 0 saturated carbocycles. The van der Waals surface area contributed by atoms with E-state index < -0.39 is 42.5 Å². The van der Waals surface area contributed by atoms with Crippen LogP contribution in [0.5, 0.6) is 0 Å². The van der Waals surface area contributed by atoms with E-state index >= 15 is 0 Å². The van der Waals surface area contributed by atoms with E-state index in [0.717, 1.165) is 0 Å². The van der Waals surface area contributed by atoms with Crippen LogP contribution in [0.1, 0.15) is 0 Å². The van der Waals surface area contributed by atoms with Crippen LogP contribution in [0.15, 0.2) is 11.5 Å².